The number of rotatable bonds is 5. The van der Waals surface area contributed by atoms with Gasteiger partial charge in [0.05, 0.1) is 5.03 Å². The number of hydrogen-bond donors (Lipinski definition) is 1. The van der Waals surface area contributed by atoms with Crippen molar-refractivity contribution in [1.29, 1.82) is 0 Å². The summed E-state index contributed by atoms with van der Waals surface area (Å²) in [5, 5.41) is 4.77. The van der Waals surface area contributed by atoms with Gasteiger partial charge in [-0.2, -0.15) is 0 Å². The van der Waals surface area contributed by atoms with E-state index in [9.17, 15) is 0 Å². The largest absolute Gasteiger partial charge is 0.316 e. The van der Waals surface area contributed by atoms with Crippen LogP contribution in [-0.4, -0.2) is 28.8 Å². The highest BCUT2D eigenvalue weighted by Gasteiger charge is 2.53. The molecule has 0 amide bonds. The molecule has 21 heavy (non-hydrogen) atoms. The first-order chi connectivity index (χ1) is 10.3. The predicted molar refractivity (Wildman–Crippen MR) is 86.2 cm³/mol. The van der Waals surface area contributed by atoms with Crippen molar-refractivity contribution in [3.63, 3.8) is 0 Å². The van der Waals surface area contributed by atoms with Gasteiger partial charge >= 0.3 is 0 Å². The van der Waals surface area contributed by atoms with Crippen LogP contribution in [0.3, 0.4) is 0 Å². The molecule has 1 aromatic rings. The van der Waals surface area contributed by atoms with Crippen LogP contribution in [0.15, 0.2) is 23.6 Å². The van der Waals surface area contributed by atoms with Gasteiger partial charge in [-0.05, 0) is 74.8 Å². The van der Waals surface area contributed by atoms with Crippen LogP contribution in [-0.2, 0) is 0 Å². The fraction of sp³-hybridized carbons (Fsp3) is 0.765. The van der Waals surface area contributed by atoms with Gasteiger partial charge in [-0.1, -0.05) is 0 Å². The van der Waals surface area contributed by atoms with Gasteiger partial charge in [0.15, 0.2) is 0 Å². The third-order valence-corrected chi connectivity index (χ3v) is 7.16. The Morgan fingerprint density at radius 2 is 1.90 bits per heavy atom. The van der Waals surface area contributed by atoms with Crippen LogP contribution < -0.4 is 5.32 Å². The molecule has 4 bridgehead atoms. The van der Waals surface area contributed by atoms with Crippen molar-refractivity contribution in [3.05, 3.63) is 18.6 Å². The second kappa shape index (κ2) is 5.54. The van der Waals surface area contributed by atoms with Crippen LogP contribution in [0.25, 0.3) is 0 Å². The molecule has 1 N–H and O–H groups in total. The van der Waals surface area contributed by atoms with Gasteiger partial charge in [-0.25, -0.2) is 9.97 Å². The first-order valence-electron chi connectivity index (χ1n) is 8.33. The molecule has 4 saturated carbocycles. The van der Waals surface area contributed by atoms with E-state index in [2.05, 4.69) is 22.3 Å². The van der Waals surface area contributed by atoms with Crippen molar-refractivity contribution in [3.8, 4) is 0 Å². The molecule has 4 aliphatic rings. The normalized spacial score (nSPS) is 38.6. The Morgan fingerprint density at radius 3 is 2.43 bits per heavy atom. The monoisotopic (exact) mass is 303 g/mol. The molecule has 0 radical (unpaired) electrons. The molecule has 1 aromatic heterocycles. The minimum absolute atomic E-state index is 0.573. The van der Waals surface area contributed by atoms with Crippen molar-refractivity contribution in [1.82, 2.24) is 15.3 Å². The molecule has 4 heteroatoms. The maximum atomic E-state index is 4.36. The zero-order valence-electron chi connectivity index (χ0n) is 12.8. The standard InChI is InChI=1S/C17H25N3S/c1-18-15(10-21-16-2-3-19-11-20-16)17-7-12-4-13(8-17)6-14(5-12)9-17/h2-3,11-15,18H,4-10H2,1H3. The zero-order valence-corrected chi connectivity index (χ0v) is 13.6. The van der Waals surface area contributed by atoms with Gasteiger partial charge in [0.1, 0.15) is 6.33 Å². The minimum atomic E-state index is 0.573. The van der Waals surface area contributed by atoms with E-state index in [0.717, 1.165) is 28.5 Å². The summed E-state index contributed by atoms with van der Waals surface area (Å²) in [5.41, 5.74) is 0.573. The Kier molecular flexibility index (Phi) is 3.70. The average molecular weight is 303 g/mol. The van der Waals surface area contributed by atoms with Gasteiger partial charge in [0, 0.05) is 18.0 Å². The van der Waals surface area contributed by atoms with Crippen LogP contribution in [0.2, 0.25) is 0 Å². The second-order valence-corrected chi connectivity index (χ2v) is 8.52. The van der Waals surface area contributed by atoms with Crippen molar-refractivity contribution in [2.75, 3.05) is 12.8 Å². The van der Waals surface area contributed by atoms with Crippen molar-refractivity contribution >= 4 is 11.8 Å². The van der Waals surface area contributed by atoms with E-state index in [4.69, 9.17) is 0 Å². The summed E-state index contributed by atoms with van der Waals surface area (Å²) < 4.78 is 0. The number of aromatic nitrogens is 2. The molecule has 4 aliphatic carbocycles. The zero-order chi connectivity index (χ0) is 14.3. The van der Waals surface area contributed by atoms with E-state index in [0.29, 0.717) is 11.5 Å². The van der Waals surface area contributed by atoms with Gasteiger partial charge in [-0.15, -0.1) is 11.8 Å². The predicted octanol–water partition coefficient (Wildman–Crippen LogP) is 3.37. The smallest absolute Gasteiger partial charge is 0.116 e. The van der Waals surface area contributed by atoms with Crippen LogP contribution in [0.4, 0.5) is 0 Å². The van der Waals surface area contributed by atoms with Crippen LogP contribution in [0.1, 0.15) is 38.5 Å². The number of nitrogens with zero attached hydrogens (tertiary/aromatic N) is 2. The van der Waals surface area contributed by atoms with Crippen LogP contribution >= 0.6 is 11.8 Å². The lowest BCUT2D eigenvalue weighted by Crippen LogP contribution is -2.56. The Hall–Kier alpha value is -0.610. The van der Waals surface area contributed by atoms with Crippen molar-refractivity contribution < 1.29 is 0 Å². The number of nitrogens with one attached hydrogen (secondary N) is 1. The second-order valence-electron chi connectivity index (χ2n) is 7.48. The Bertz CT molecular complexity index is 455. The minimum Gasteiger partial charge on any atom is -0.316 e. The quantitative estimate of drug-likeness (QED) is 0.668. The van der Waals surface area contributed by atoms with E-state index >= 15 is 0 Å². The molecular formula is C17H25N3S. The molecule has 4 fully saturated rings. The Balaban J connectivity index is 1.48. The summed E-state index contributed by atoms with van der Waals surface area (Å²) in [6.07, 6.45) is 12.5. The molecule has 0 aliphatic heterocycles. The van der Waals surface area contributed by atoms with Crippen LogP contribution in [0, 0.1) is 23.2 Å². The lowest BCUT2D eigenvalue weighted by molar-refractivity contribution is -0.0682. The molecule has 0 saturated heterocycles. The summed E-state index contributed by atoms with van der Waals surface area (Å²) >= 11 is 1.89. The Morgan fingerprint density at radius 1 is 1.24 bits per heavy atom. The molecule has 0 spiro atoms. The summed E-state index contributed by atoms with van der Waals surface area (Å²) in [7, 11) is 2.16. The highest BCUT2D eigenvalue weighted by Crippen LogP contribution is 2.61. The fourth-order valence-corrected chi connectivity index (χ4v) is 6.84. The molecule has 0 aromatic carbocycles. The third kappa shape index (κ3) is 2.61. The van der Waals surface area contributed by atoms with E-state index in [1.165, 1.54) is 38.5 Å². The molecular weight excluding hydrogens is 278 g/mol. The average Bonchev–Trinajstić information content (AvgIpc) is 2.47. The van der Waals surface area contributed by atoms with Crippen molar-refractivity contribution in [2.45, 2.75) is 49.6 Å². The first kappa shape index (κ1) is 14.0. The van der Waals surface area contributed by atoms with E-state index in [1.54, 1.807) is 6.33 Å². The first-order valence-corrected chi connectivity index (χ1v) is 9.32. The molecule has 1 unspecified atom stereocenters. The van der Waals surface area contributed by atoms with Gasteiger partial charge in [0.25, 0.3) is 0 Å². The topological polar surface area (TPSA) is 37.8 Å². The van der Waals surface area contributed by atoms with E-state index < -0.39 is 0 Å². The Labute approximate surface area is 131 Å². The SMILES string of the molecule is CNC(CSc1ccncn1)C12CC3CC(CC(C3)C1)C2. The highest BCUT2D eigenvalue weighted by atomic mass is 32.2. The van der Waals surface area contributed by atoms with Gasteiger partial charge < -0.3 is 5.32 Å². The van der Waals surface area contributed by atoms with Gasteiger partial charge in [0.2, 0.25) is 0 Å². The summed E-state index contributed by atoms with van der Waals surface area (Å²) in [6.45, 7) is 0. The molecule has 1 heterocycles. The molecule has 5 rings (SSSR count). The lowest BCUT2D eigenvalue weighted by atomic mass is 9.48. The van der Waals surface area contributed by atoms with Crippen molar-refractivity contribution in [2.24, 2.45) is 23.2 Å². The number of hydrogen-bond acceptors (Lipinski definition) is 4. The lowest BCUT2D eigenvalue weighted by Gasteiger charge is -2.59. The van der Waals surface area contributed by atoms with E-state index in [1.807, 2.05) is 24.0 Å². The third-order valence-electron chi connectivity index (χ3n) is 6.13. The fourth-order valence-electron chi connectivity index (χ4n) is 5.70. The summed E-state index contributed by atoms with van der Waals surface area (Å²) in [6, 6.07) is 2.66. The van der Waals surface area contributed by atoms with Gasteiger partial charge in [-0.3, -0.25) is 0 Å². The molecule has 114 valence electrons. The van der Waals surface area contributed by atoms with E-state index in [-0.39, 0.29) is 0 Å². The summed E-state index contributed by atoms with van der Waals surface area (Å²) in [4.78, 5) is 8.36. The van der Waals surface area contributed by atoms with Crippen LogP contribution in [0.5, 0.6) is 0 Å². The highest BCUT2D eigenvalue weighted by molar-refractivity contribution is 7.99. The summed E-state index contributed by atoms with van der Waals surface area (Å²) in [5.74, 6) is 4.21. The molecule has 3 nitrogen and oxygen atoms in total. The number of thioether (sulfide) groups is 1. The molecule has 1 atom stereocenters. The maximum Gasteiger partial charge on any atom is 0.116 e. The maximum absolute atomic E-state index is 4.36.